The number of nitriles is 1. The zero-order valence-corrected chi connectivity index (χ0v) is 19.7. The van der Waals surface area contributed by atoms with Crippen LogP contribution in [0.15, 0.2) is 66.9 Å². The average Bonchev–Trinajstić information content (AvgIpc) is 3.24. The second kappa shape index (κ2) is 9.21. The summed E-state index contributed by atoms with van der Waals surface area (Å²) in [6.07, 6.45) is 2.14. The van der Waals surface area contributed by atoms with Crippen LogP contribution in [0.3, 0.4) is 0 Å². The number of Topliss-reactive ketones (excluding diaryl/α,β-unsaturated/α-hetero) is 1. The Balaban J connectivity index is 1.16. The SMILES string of the molecule is N#Cc1ccc(C(=O)C2CC3COCC(C2)N3C(=O)OCC2c3ccccc3-c3ccccc32)cn1. The Bertz CT molecular complexity index is 1300. The van der Waals surface area contributed by atoms with Crippen molar-refractivity contribution in [3.8, 4) is 17.2 Å². The Morgan fingerprint density at radius 2 is 1.61 bits per heavy atom. The van der Waals surface area contributed by atoms with Gasteiger partial charge in [-0.25, -0.2) is 9.78 Å². The molecule has 1 aliphatic carbocycles. The fraction of sp³-hybridized carbons (Fsp3) is 0.310. The van der Waals surface area contributed by atoms with Crippen LogP contribution in [0.25, 0.3) is 11.1 Å². The van der Waals surface area contributed by atoms with Gasteiger partial charge in [0.15, 0.2) is 5.78 Å². The first-order valence-corrected chi connectivity index (χ1v) is 12.3. The van der Waals surface area contributed by atoms with Crippen LogP contribution in [-0.4, -0.2) is 53.7 Å². The third-order valence-electron chi connectivity index (χ3n) is 7.60. The first kappa shape index (κ1) is 22.4. The lowest BCUT2D eigenvalue weighted by Gasteiger charge is -2.47. The Morgan fingerprint density at radius 3 is 2.19 bits per heavy atom. The van der Waals surface area contributed by atoms with Crippen molar-refractivity contribution < 1.29 is 19.1 Å². The quantitative estimate of drug-likeness (QED) is 0.509. The van der Waals surface area contributed by atoms with Gasteiger partial charge in [-0.05, 0) is 47.2 Å². The maximum Gasteiger partial charge on any atom is 0.410 e. The van der Waals surface area contributed by atoms with E-state index in [1.54, 1.807) is 17.0 Å². The van der Waals surface area contributed by atoms with Gasteiger partial charge in [-0.15, -0.1) is 0 Å². The molecule has 0 spiro atoms. The summed E-state index contributed by atoms with van der Waals surface area (Å²) < 4.78 is 11.7. The van der Waals surface area contributed by atoms with Crippen molar-refractivity contribution >= 4 is 11.9 Å². The van der Waals surface area contributed by atoms with Crippen molar-refractivity contribution in [3.63, 3.8) is 0 Å². The van der Waals surface area contributed by atoms with Crippen molar-refractivity contribution in [2.45, 2.75) is 30.8 Å². The molecule has 36 heavy (non-hydrogen) atoms. The van der Waals surface area contributed by atoms with Gasteiger partial charge < -0.3 is 9.47 Å². The number of morpholine rings is 1. The normalized spacial score (nSPS) is 22.3. The van der Waals surface area contributed by atoms with Gasteiger partial charge >= 0.3 is 6.09 Å². The van der Waals surface area contributed by atoms with Crippen LogP contribution < -0.4 is 0 Å². The van der Waals surface area contributed by atoms with E-state index < -0.39 is 0 Å². The van der Waals surface area contributed by atoms with Crippen LogP contribution in [0.2, 0.25) is 0 Å². The molecule has 1 amide bonds. The lowest BCUT2D eigenvalue weighted by molar-refractivity contribution is -0.0747. The summed E-state index contributed by atoms with van der Waals surface area (Å²) >= 11 is 0. The van der Waals surface area contributed by atoms with E-state index in [1.807, 2.05) is 30.3 Å². The molecule has 2 aromatic carbocycles. The molecule has 7 nitrogen and oxygen atoms in total. The van der Waals surface area contributed by atoms with Gasteiger partial charge in [-0.1, -0.05) is 48.5 Å². The van der Waals surface area contributed by atoms with Crippen LogP contribution in [0.5, 0.6) is 0 Å². The first-order chi connectivity index (χ1) is 17.6. The Kier molecular flexibility index (Phi) is 5.74. The van der Waals surface area contributed by atoms with Crippen LogP contribution in [0.1, 0.15) is 45.9 Å². The maximum atomic E-state index is 13.3. The van der Waals surface area contributed by atoms with E-state index in [1.165, 1.54) is 28.5 Å². The van der Waals surface area contributed by atoms with Gasteiger partial charge in [0.25, 0.3) is 0 Å². The molecule has 2 saturated heterocycles. The van der Waals surface area contributed by atoms with Crippen molar-refractivity contribution in [1.82, 2.24) is 9.88 Å². The minimum atomic E-state index is -0.346. The molecular formula is C29H25N3O4. The monoisotopic (exact) mass is 479 g/mol. The van der Waals surface area contributed by atoms with Crippen molar-refractivity contribution in [2.24, 2.45) is 5.92 Å². The smallest absolute Gasteiger partial charge is 0.410 e. The lowest BCUT2D eigenvalue weighted by atomic mass is 9.81. The van der Waals surface area contributed by atoms with E-state index in [-0.39, 0.29) is 48.1 Å². The number of carbonyl (C=O) groups is 2. The predicted molar refractivity (Wildman–Crippen MR) is 131 cm³/mol. The van der Waals surface area contributed by atoms with Crippen LogP contribution in [0.4, 0.5) is 4.79 Å². The number of pyridine rings is 1. The standard InChI is InChI=1S/C29H25N3O4/c30-13-20-10-9-18(14-31-20)28(33)19-11-21-15-35-16-22(12-19)32(21)29(34)36-17-27-25-7-3-1-5-23(25)24-6-2-4-8-26(24)27/h1-10,14,19,21-22,27H,11-12,15-17H2. The molecule has 3 aliphatic rings. The molecule has 180 valence electrons. The molecule has 6 rings (SSSR count). The van der Waals surface area contributed by atoms with Gasteiger partial charge in [-0.3, -0.25) is 9.69 Å². The van der Waals surface area contributed by atoms with E-state index in [4.69, 9.17) is 14.7 Å². The van der Waals surface area contributed by atoms with Crippen molar-refractivity contribution in [1.29, 1.82) is 5.26 Å². The van der Waals surface area contributed by atoms with Gasteiger partial charge in [0, 0.05) is 23.6 Å². The number of nitrogens with zero attached hydrogens (tertiary/aromatic N) is 3. The summed E-state index contributed by atoms with van der Waals surface area (Å²) in [6.45, 7) is 1.04. The number of aromatic nitrogens is 1. The number of hydrogen-bond acceptors (Lipinski definition) is 6. The van der Waals surface area contributed by atoms with Crippen LogP contribution >= 0.6 is 0 Å². The summed E-state index contributed by atoms with van der Waals surface area (Å²) in [5.74, 6) is -0.229. The van der Waals surface area contributed by atoms with Gasteiger partial charge in [0.1, 0.15) is 18.4 Å². The number of rotatable bonds is 4. The first-order valence-electron chi connectivity index (χ1n) is 12.3. The number of hydrogen-bond donors (Lipinski definition) is 0. The number of carbonyl (C=O) groups excluding carboxylic acids is 2. The van der Waals surface area contributed by atoms with E-state index >= 15 is 0 Å². The molecule has 2 aliphatic heterocycles. The van der Waals surface area contributed by atoms with Crippen LogP contribution in [0, 0.1) is 17.2 Å². The van der Waals surface area contributed by atoms with Crippen molar-refractivity contribution in [3.05, 3.63) is 89.2 Å². The lowest BCUT2D eigenvalue weighted by Crippen LogP contribution is -2.60. The highest BCUT2D eigenvalue weighted by atomic mass is 16.6. The highest BCUT2D eigenvalue weighted by Crippen LogP contribution is 2.44. The number of benzene rings is 2. The molecule has 7 heteroatoms. The topological polar surface area (TPSA) is 92.5 Å². The molecule has 2 fully saturated rings. The van der Waals surface area contributed by atoms with E-state index in [0.717, 1.165) is 0 Å². The summed E-state index contributed by atoms with van der Waals surface area (Å²) in [7, 11) is 0. The molecule has 0 N–H and O–H groups in total. The number of piperidine rings is 1. The largest absolute Gasteiger partial charge is 0.448 e. The van der Waals surface area contributed by atoms with E-state index in [2.05, 4.69) is 29.2 Å². The summed E-state index contributed by atoms with van der Waals surface area (Å²) in [4.78, 5) is 32.3. The zero-order valence-electron chi connectivity index (χ0n) is 19.7. The molecule has 3 aromatic rings. The van der Waals surface area contributed by atoms with E-state index in [0.29, 0.717) is 31.6 Å². The number of ketones is 1. The number of ether oxygens (including phenoxy) is 2. The number of fused-ring (bicyclic) bond motifs is 5. The second-order valence-electron chi connectivity index (χ2n) is 9.63. The minimum absolute atomic E-state index is 0.000407. The molecule has 3 heterocycles. The fourth-order valence-electron chi connectivity index (χ4n) is 5.94. The minimum Gasteiger partial charge on any atom is -0.448 e. The third-order valence-corrected chi connectivity index (χ3v) is 7.60. The highest BCUT2D eigenvalue weighted by molar-refractivity contribution is 5.97. The second-order valence-corrected chi connectivity index (χ2v) is 9.63. The molecule has 2 atom stereocenters. The average molecular weight is 480 g/mol. The number of amides is 1. The van der Waals surface area contributed by atoms with Gasteiger partial charge in [0.2, 0.25) is 0 Å². The van der Waals surface area contributed by atoms with E-state index in [9.17, 15) is 9.59 Å². The van der Waals surface area contributed by atoms with Crippen molar-refractivity contribution in [2.75, 3.05) is 19.8 Å². The Morgan fingerprint density at radius 1 is 0.972 bits per heavy atom. The molecule has 0 saturated carbocycles. The Labute approximate surface area is 209 Å². The summed E-state index contributed by atoms with van der Waals surface area (Å²) in [5, 5.41) is 8.96. The molecule has 1 aromatic heterocycles. The maximum absolute atomic E-state index is 13.3. The summed E-state index contributed by atoms with van der Waals surface area (Å²) in [5.41, 5.74) is 5.51. The third kappa shape index (κ3) is 3.84. The Hall–Kier alpha value is -4.02. The fourth-order valence-corrected chi connectivity index (χ4v) is 5.94. The zero-order chi connectivity index (χ0) is 24.6. The van der Waals surface area contributed by atoms with Gasteiger partial charge in [0.05, 0.1) is 25.3 Å². The predicted octanol–water partition coefficient (Wildman–Crippen LogP) is 4.56. The molecule has 2 unspecified atom stereocenters. The summed E-state index contributed by atoms with van der Waals surface area (Å²) in [6, 6.07) is 21.3. The van der Waals surface area contributed by atoms with Crippen LogP contribution in [-0.2, 0) is 9.47 Å². The molecule has 2 bridgehead atoms. The molecule has 0 radical (unpaired) electrons. The van der Waals surface area contributed by atoms with Gasteiger partial charge in [-0.2, -0.15) is 5.26 Å². The highest BCUT2D eigenvalue weighted by Gasteiger charge is 2.45. The molecular weight excluding hydrogens is 454 g/mol.